The van der Waals surface area contributed by atoms with Gasteiger partial charge in [0, 0.05) is 12.6 Å². The van der Waals surface area contributed by atoms with Gasteiger partial charge in [-0.3, -0.25) is 0 Å². The number of aryl methyl sites for hydroxylation is 1. The summed E-state index contributed by atoms with van der Waals surface area (Å²) in [6, 6.07) is 8.67. The monoisotopic (exact) mass is 192 g/mol. The number of benzene rings is 1. The predicted molar refractivity (Wildman–Crippen MR) is 61.3 cm³/mol. The minimum Gasteiger partial charge on any atom is -0.323 e. The van der Waals surface area contributed by atoms with E-state index in [0.717, 1.165) is 19.5 Å². The summed E-state index contributed by atoms with van der Waals surface area (Å²) in [6.45, 7) is 6.07. The zero-order valence-corrected chi connectivity index (χ0v) is 9.09. The Morgan fingerprint density at radius 2 is 1.86 bits per heavy atom. The van der Waals surface area contributed by atoms with Crippen molar-refractivity contribution in [2.24, 2.45) is 5.73 Å². The summed E-state index contributed by atoms with van der Waals surface area (Å²) in [5.41, 5.74) is 8.59. The SMILES string of the molecule is CCNCC(N)c1ccc(CC)cc1. The Morgan fingerprint density at radius 3 is 2.36 bits per heavy atom. The highest BCUT2D eigenvalue weighted by Gasteiger charge is 2.03. The lowest BCUT2D eigenvalue weighted by Crippen LogP contribution is -2.26. The van der Waals surface area contributed by atoms with Gasteiger partial charge in [0.1, 0.15) is 0 Å². The highest BCUT2D eigenvalue weighted by atomic mass is 14.9. The molecule has 1 aromatic carbocycles. The average Bonchev–Trinajstić information content (AvgIpc) is 2.26. The number of likely N-dealkylation sites (N-methyl/N-ethyl adjacent to an activating group) is 1. The van der Waals surface area contributed by atoms with Crippen LogP contribution in [-0.2, 0) is 6.42 Å². The third-order valence-corrected chi connectivity index (χ3v) is 2.43. The minimum absolute atomic E-state index is 0.112. The van der Waals surface area contributed by atoms with Gasteiger partial charge in [0.2, 0.25) is 0 Å². The quantitative estimate of drug-likeness (QED) is 0.747. The smallest absolute Gasteiger partial charge is 0.0421 e. The zero-order chi connectivity index (χ0) is 10.4. The zero-order valence-electron chi connectivity index (χ0n) is 9.09. The average molecular weight is 192 g/mol. The summed E-state index contributed by atoms with van der Waals surface area (Å²) in [7, 11) is 0. The first-order chi connectivity index (χ1) is 6.77. The molecule has 2 nitrogen and oxygen atoms in total. The van der Waals surface area contributed by atoms with Crippen LogP contribution in [0.15, 0.2) is 24.3 Å². The maximum absolute atomic E-state index is 6.01. The number of rotatable bonds is 5. The lowest BCUT2D eigenvalue weighted by molar-refractivity contribution is 0.616. The van der Waals surface area contributed by atoms with E-state index >= 15 is 0 Å². The first-order valence-electron chi connectivity index (χ1n) is 5.33. The fraction of sp³-hybridized carbons (Fsp3) is 0.500. The molecule has 1 aromatic rings. The lowest BCUT2D eigenvalue weighted by atomic mass is 10.0. The molecule has 0 aliphatic carbocycles. The van der Waals surface area contributed by atoms with Crippen molar-refractivity contribution >= 4 is 0 Å². The Morgan fingerprint density at radius 1 is 1.21 bits per heavy atom. The molecular weight excluding hydrogens is 172 g/mol. The van der Waals surface area contributed by atoms with E-state index in [0.29, 0.717) is 0 Å². The molecule has 0 aliphatic rings. The topological polar surface area (TPSA) is 38.0 Å². The number of hydrogen-bond donors (Lipinski definition) is 2. The van der Waals surface area contributed by atoms with E-state index in [1.54, 1.807) is 0 Å². The maximum atomic E-state index is 6.01. The lowest BCUT2D eigenvalue weighted by Gasteiger charge is -2.12. The van der Waals surface area contributed by atoms with Gasteiger partial charge < -0.3 is 11.1 Å². The second-order valence-electron chi connectivity index (χ2n) is 3.51. The van der Waals surface area contributed by atoms with Crippen LogP contribution in [-0.4, -0.2) is 13.1 Å². The highest BCUT2D eigenvalue weighted by molar-refractivity contribution is 5.24. The van der Waals surface area contributed by atoms with Gasteiger partial charge in [0.15, 0.2) is 0 Å². The van der Waals surface area contributed by atoms with Gasteiger partial charge in [-0.2, -0.15) is 0 Å². The molecule has 1 unspecified atom stereocenters. The Labute approximate surface area is 86.5 Å². The summed E-state index contributed by atoms with van der Waals surface area (Å²) >= 11 is 0. The van der Waals surface area contributed by atoms with Crippen LogP contribution in [0.3, 0.4) is 0 Å². The van der Waals surface area contributed by atoms with Crippen LogP contribution in [0.4, 0.5) is 0 Å². The molecule has 0 amide bonds. The van der Waals surface area contributed by atoms with Gasteiger partial charge in [-0.25, -0.2) is 0 Å². The molecule has 2 heteroatoms. The van der Waals surface area contributed by atoms with Crippen molar-refractivity contribution in [1.29, 1.82) is 0 Å². The summed E-state index contributed by atoms with van der Waals surface area (Å²) in [6.07, 6.45) is 1.09. The van der Waals surface area contributed by atoms with E-state index in [4.69, 9.17) is 5.73 Å². The largest absolute Gasteiger partial charge is 0.323 e. The second kappa shape index (κ2) is 5.78. The molecule has 78 valence electrons. The summed E-state index contributed by atoms with van der Waals surface area (Å²) in [5.74, 6) is 0. The van der Waals surface area contributed by atoms with E-state index in [1.807, 2.05) is 0 Å². The second-order valence-corrected chi connectivity index (χ2v) is 3.51. The molecule has 0 bridgehead atoms. The van der Waals surface area contributed by atoms with Gasteiger partial charge >= 0.3 is 0 Å². The van der Waals surface area contributed by atoms with Crippen LogP contribution in [0.1, 0.15) is 31.0 Å². The summed E-state index contributed by atoms with van der Waals surface area (Å²) in [4.78, 5) is 0. The molecule has 0 heterocycles. The van der Waals surface area contributed by atoms with Crippen molar-refractivity contribution in [1.82, 2.24) is 5.32 Å². The molecular formula is C12H20N2. The molecule has 3 N–H and O–H groups in total. The van der Waals surface area contributed by atoms with Gasteiger partial charge in [0.05, 0.1) is 0 Å². The molecule has 14 heavy (non-hydrogen) atoms. The van der Waals surface area contributed by atoms with Crippen LogP contribution in [0.5, 0.6) is 0 Å². The van der Waals surface area contributed by atoms with Gasteiger partial charge in [-0.15, -0.1) is 0 Å². The van der Waals surface area contributed by atoms with Crippen molar-refractivity contribution in [2.75, 3.05) is 13.1 Å². The Balaban J connectivity index is 2.57. The van der Waals surface area contributed by atoms with Crippen molar-refractivity contribution in [3.63, 3.8) is 0 Å². The van der Waals surface area contributed by atoms with Crippen LogP contribution >= 0.6 is 0 Å². The van der Waals surface area contributed by atoms with E-state index in [9.17, 15) is 0 Å². The van der Waals surface area contributed by atoms with Gasteiger partial charge in [-0.05, 0) is 24.1 Å². The number of nitrogens with one attached hydrogen (secondary N) is 1. The number of nitrogens with two attached hydrogens (primary N) is 1. The van der Waals surface area contributed by atoms with Crippen LogP contribution in [0, 0.1) is 0 Å². The normalized spacial score (nSPS) is 12.8. The van der Waals surface area contributed by atoms with E-state index < -0.39 is 0 Å². The third-order valence-electron chi connectivity index (χ3n) is 2.43. The highest BCUT2D eigenvalue weighted by Crippen LogP contribution is 2.11. The fourth-order valence-corrected chi connectivity index (χ4v) is 1.42. The standard InChI is InChI=1S/C12H20N2/c1-3-10-5-7-11(8-6-10)12(13)9-14-4-2/h5-8,12,14H,3-4,9,13H2,1-2H3. The summed E-state index contributed by atoms with van der Waals surface area (Å²) < 4.78 is 0. The Bertz CT molecular complexity index is 254. The molecule has 0 fully saturated rings. The molecule has 1 rings (SSSR count). The van der Waals surface area contributed by atoms with Crippen molar-refractivity contribution in [2.45, 2.75) is 26.3 Å². The Kier molecular flexibility index (Phi) is 4.63. The molecule has 0 aromatic heterocycles. The molecule has 0 saturated heterocycles. The molecule has 0 aliphatic heterocycles. The summed E-state index contributed by atoms with van der Waals surface area (Å²) in [5, 5.41) is 3.25. The minimum atomic E-state index is 0.112. The fourth-order valence-electron chi connectivity index (χ4n) is 1.42. The maximum Gasteiger partial charge on any atom is 0.0421 e. The van der Waals surface area contributed by atoms with Gasteiger partial charge in [-0.1, -0.05) is 38.1 Å². The van der Waals surface area contributed by atoms with Crippen LogP contribution < -0.4 is 11.1 Å². The number of hydrogen-bond acceptors (Lipinski definition) is 2. The van der Waals surface area contributed by atoms with Crippen molar-refractivity contribution in [3.05, 3.63) is 35.4 Å². The molecule has 0 radical (unpaired) electrons. The third kappa shape index (κ3) is 3.13. The van der Waals surface area contributed by atoms with E-state index in [2.05, 4.69) is 43.4 Å². The van der Waals surface area contributed by atoms with Crippen molar-refractivity contribution < 1.29 is 0 Å². The van der Waals surface area contributed by atoms with Gasteiger partial charge in [0.25, 0.3) is 0 Å². The Hall–Kier alpha value is -0.860. The molecule has 0 spiro atoms. The van der Waals surface area contributed by atoms with Crippen LogP contribution in [0.2, 0.25) is 0 Å². The first-order valence-corrected chi connectivity index (χ1v) is 5.33. The first kappa shape index (κ1) is 11.2. The van der Waals surface area contributed by atoms with E-state index in [-0.39, 0.29) is 6.04 Å². The molecule has 1 atom stereocenters. The molecule has 0 saturated carbocycles. The van der Waals surface area contributed by atoms with E-state index in [1.165, 1.54) is 11.1 Å². The predicted octanol–water partition coefficient (Wildman–Crippen LogP) is 1.86. The van der Waals surface area contributed by atoms with Crippen LogP contribution in [0.25, 0.3) is 0 Å². The van der Waals surface area contributed by atoms with Crippen molar-refractivity contribution in [3.8, 4) is 0 Å².